The Bertz CT molecular complexity index is 821. The molecule has 1 aromatic rings. The van der Waals surface area contributed by atoms with Gasteiger partial charge in [0.2, 0.25) is 11.8 Å². The predicted octanol–water partition coefficient (Wildman–Crippen LogP) is 0.701. The van der Waals surface area contributed by atoms with Crippen molar-refractivity contribution in [3.63, 3.8) is 0 Å². The van der Waals surface area contributed by atoms with Crippen LogP contribution in [-0.2, 0) is 25.8 Å². The zero-order chi connectivity index (χ0) is 18.2. The molecule has 8 heteroatoms. The van der Waals surface area contributed by atoms with Gasteiger partial charge in [-0.2, -0.15) is 0 Å². The van der Waals surface area contributed by atoms with Crippen LogP contribution in [0.3, 0.4) is 0 Å². The number of hydrogen-bond donors (Lipinski definition) is 2. The fraction of sp³-hybridized carbons (Fsp3) is 0.529. The Labute approximate surface area is 147 Å². The molecule has 0 saturated carbocycles. The van der Waals surface area contributed by atoms with Crippen molar-refractivity contribution < 1.29 is 18.0 Å². The molecule has 3 rings (SSSR count). The van der Waals surface area contributed by atoms with Crippen LogP contribution in [0, 0.1) is 0 Å². The van der Waals surface area contributed by atoms with Crippen LogP contribution < -0.4 is 15.5 Å². The first-order valence-electron chi connectivity index (χ1n) is 8.34. The van der Waals surface area contributed by atoms with Crippen LogP contribution in [0.5, 0.6) is 0 Å². The van der Waals surface area contributed by atoms with Gasteiger partial charge in [-0.3, -0.25) is 9.59 Å². The SMILES string of the molecule is CC(=O)N1CCc2cc(NC(=O)CNC3(C)CCS(=O)(=O)C3)ccc21. The molecule has 0 aromatic heterocycles. The monoisotopic (exact) mass is 365 g/mol. The van der Waals surface area contributed by atoms with Gasteiger partial charge in [0.1, 0.15) is 0 Å². The molecule has 2 aliphatic heterocycles. The van der Waals surface area contributed by atoms with Gasteiger partial charge in [-0.25, -0.2) is 8.42 Å². The van der Waals surface area contributed by atoms with Crippen LogP contribution in [0.2, 0.25) is 0 Å². The standard InChI is InChI=1S/C17H23N3O4S/c1-12(21)20-7-5-13-9-14(3-4-15(13)20)19-16(22)10-18-17(2)6-8-25(23,24)11-17/h3-4,9,18H,5-8,10-11H2,1-2H3,(H,19,22). The molecule has 1 fully saturated rings. The van der Waals surface area contributed by atoms with E-state index in [0.29, 0.717) is 18.7 Å². The first kappa shape index (κ1) is 17.9. The van der Waals surface area contributed by atoms with Gasteiger partial charge in [0, 0.05) is 30.4 Å². The van der Waals surface area contributed by atoms with E-state index in [1.807, 2.05) is 19.1 Å². The smallest absolute Gasteiger partial charge is 0.238 e. The first-order chi connectivity index (χ1) is 11.7. The maximum Gasteiger partial charge on any atom is 0.238 e. The summed E-state index contributed by atoms with van der Waals surface area (Å²) in [5.74, 6) is 0.0224. The second-order valence-electron chi connectivity index (χ2n) is 7.07. The minimum Gasteiger partial charge on any atom is -0.325 e. The number of amides is 2. The van der Waals surface area contributed by atoms with Gasteiger partial charge < -0.3 is 15.5 Å². The quantitative estimate of drug-likeness (QED) is 0.819. The molecular formula is C17H23N3O4S. The maximum atomic E-state index is 12.2. The zero-order valence-corrected chi connectivity index (χ0v) is 15.3. The summed E-state index contributed by atoms with van der Waals surface area (Å²) < 4.78 is 23.2. The fourth-order valence-corrected chi connectivity index (χ4v) is 5.58. The number of hydrogen-bond acceptors (Lipinski definition) is 5. The van der Waals surface area contributed by atoms with Gasteiger partial charge in [-0.1, -0.05) is 0 Å². The summed E-state index contributed by atoms with van der Waals surface area (Å²) in [4.78, 5) is 25.4. The van der Waals surface area contributed by atoms with Crippen molar-refractivity contribution in [2.24, 2.45) is 0 Å². The number of nitrogens with one attached hydrogen (secondary N) is 2. The van der Waals surface area contributed by atoms with Crippen LogP contribution in [0.15, 0.2) is 18.2 Å². The van der Waals surface area contributed by atoms with Crippen LogP contribution in [0.1, 0.15) is 25.8 Å². The molecule has 0 radical (unpaired) electrons. The van der Waals surface area contributed by atoms with Crippen LogP contribution in [0.25, 0.3) is 0 Å². The minimum absolute atomic E-state index is 0.0134. The molecule has 1 saturated heterocycles. The van der Waals surface area contributed by atoms with Gasteiger partial charge in [0.15, 0.2) is 9.84 Å². The zero-order valence-electron chi connectivity index (χ0n) is 14.5. The van der Waals surface area contributed by atoms with Crippen molar-refractivity contribution in [2.75, 3.05) is 34.8 Å². The third kappa shape index (κ3) is 4.01. The second kappa shape index (κ2) is 6.42. The van der Waals surface area contributed by atoms with E-state index in [0.717, 1.165) is 17.7 Å². The van der Waals surface area contributed by atoms with E-state index in [9.17, 15) is 18.0 Å². The average Bonchev–Trinajstić information content (AvgIpc) is 3.06. The van der Waals surface area contributed by atoms with E-state index in [4.69, 9.17) is 0 Å². The Hall–Kier alpha value is -1.93. The fourth-order valence-electron chi connectivity index (χ4n) is 3.46. The summed E-state index contributed by atoms with van der Waals surface area (Å²) in [6, 6.07) is 5.51. The Balaban J connectivity index is 1.58. The molecule has 7 nitrogen and oxygen atoms in total. The van der Waals surface area contributed by atoms with Crippen molar-refractivity contribution >= 4 is 33.0 Å². The highest BCUT2D eigenvalue weighted by atomic mass is 32.2. The Morgan fingerprint density at radius 1 is 1.32 bits per heavy atom. The second-order valence-corrected chi connectivity index (χ2v) is 9.25. The summed E-state index contributed by atoms with van der Waals surface area (Å²) in [5.41, 5.74) is 2.07. The normalized spacial score (nSPS) is 24.2. The van der Waals surface area contributed by atoms with Crippen molar-refractivity contribution in [1.29, 1.82) is 0 Å². The van der Waals surface area contributed by atoms with Gasteiger partial charge in [-0.05, 0) is 43.5 Å². The summed E-state index contributed by atoms with van der Waals surface area (Å²) in [6.45, 7) is 4.09. The predicted molar refractivity (Wildman–Crippen MR) is 96.5 cm³/mol. The molecule has 136 valence electrons. The molecule has 2 heterocycles. The van der Waals surface area contributed by atoms with Gasteiger partial charge in [0.25, 0.3) is 0 Å². The largest absolute Gasteiger partial charge is 0.325 e. The van der Waals surface area contributed by atoms with Crippen molar-refractivity contribution in [1.82, 2.24) is 5.32 Å². The van der Waals surface area contributed by atoms with Crippen molar-refractivity contribution in [2.45, 2.75) is 32.2 Å². The number of benzene rings is 1. The highest BCUT2D eigenvalue weighted by Gasteiger charge is 2.38. The number of carbonyl (C=O) groups excluding carboxylic acids is 2. The van der Waals surface area contributed by atoms with E-state index in [1.165, 1.54) is 0 Å². The third-order valence-electron chi connectivity index (χ3n) is 4.82. The number of sulfone groups is 1. The lowest BCUT2D eigenvalue weighted by Crippen LogP contribution is -2.46. The number of rotatable bonds is 4. The van der Waals surface area contributed by atoms with E-state index in [-0.39, 0.29) is 29.9 Å². The van der Waals surface area contributed by atoms with E-state index < -0.39 is 15.4 Å². The van der Waals surface area contributed by atoms with Gasteiger partial charge >= 0.3 is 0 Å². The van der Waals surface area contributed by atoms with Gasteiger partial charge in [-0.15, -0.1) is 0 Å². The first-order valence-corrected chi connectivity index (χ1v) is 10.2. The van der Waals surface area contributed by atoms with Crippen molar-refractivity contribution in [3.05, 3.63) is 23.8 Å². The van der Waals surface area contributed by atoms with Crippen LogP contribution in [0.4, 0.5) is 11.4 Å². The van der Waals surface area contributed by atoms with Gasteiger partial charge in [0.05, 0.1) is 18.1 Å². The lowest BCUT2D eigenvalue weighted by atomic mass is 10.0. The number of carbonyl (C=O) groups is 2. The Morgan fingerprint density at radius 3 is 2.72 bits per heavy atom. The number of nitrogens with zero attached hydrogens (tertiary/aromatic N) is 1. The van der Waals surface area contributed by atoms with Crippen LogP contribution >= 0.6 is 0 Å². The molecule has 2 N–H and O–H groups in total. The average molecular weight is 365 g/mol. The summed E-state index contributed by atoms with van der Waals surface area (Å²) in [5, 5.41) is 5.89. The molecule has 2 aliphatic rings. The summed E-state index contributed by atoms with van der Waals surface area (Å²) in [6.07, 6.45) is 1.29. The Morgan fingerprint density at radius 2 is 2.08 bits per heavy atom. The lowest BCUT2D eigenvalue weighted by molar-refractivity contribution is -0.117. The van der Waals surface area contributed by atoms with Crippen LogP contribution in [-0.4, -0.2) is 50.4 Å². The molecule has 1 aromatic carbocycles. The molecule has 1 unspecified atom stereocenters. The highest BCUT2D eigenvalue weighted by molar-refractivity contribution is 7.91. The molecular weight excluding hydrogens is 342 g/mol. The minimum atomic E-state index is -3.01. The topological polar surface area (TPSA) is 95.6 Å². The summed E-state index contributed by atoms with van der Waals surface area (Å²) in [7, 11) is -3.01. The Kier molecular flexibility index (Phi) is 4.59. The maximum absolute atomic E-state index is 12.2. The van der Waals surface area contributed by atoms with E-state index >= 15 is 0 Å². The van der Waals surface area contributed by atoms with Crippen molar-refractivity contribution in [3.8, 4) is 0 Å². The van der Waals surface area contributed by atoms with E-state index in [2.05, 4.69) is 10.6 Å². The molecule has 25 heavy (non-hydrogen) atoms. The summed E-state index contributed by atoms with van der Waals surface area (Å²) >= 11 is 0. The molecule has 0 bridgehead atoms. The molecule has 1 atom stereocenters. The molecule has 0 aliphatic carbocycles. The lowest BCUT2D eigenvalue weighted by Gasteiger charge is -2.23. The molecule has 0 spiro atoms. The number of fused-ring (bicyclic) bond motifs is 1. The van der Waals surface area contributed by atoms with E-state index in [1.54, 1.807) is 17.9 Å². The highest BCUT2D eigenvalue weighted by Crippen LogP contribution is 2.30. The third-order valence-corrected chi connectivity index (χ3v) is 6.72. The molecule has 2 amide bonds. The number of anilines is 2.